The molecule has 0 radical (unpaired) electrons. The summed E-state index contributed by atoms with van der Waals surface area (Å²) in [6.07, 6.45) is 9.91. The Bertz CT molecular complexity index is 411. The molecule has 0 atom stereocenters. The first kappa shape index (κ1) is 21.7. The van der Waals surface area contributed by atoms with Crippen LogP contribution in [0.3, 0.4) is 0 Å². The van der Waals surface area contributed by atoms with Crippen LogP contribution in [0.25, 0.3) is 0 Å². The fraction of sp³-hybridized carbons (Fsp3) is 0.619. The van der Waals surface area contributed by atoms with Gasteiger partial charge in [-0.2, -0.15) is 0 Å². The second-order valence-electron chi connectivity index (χ2n) is 5.95. The standard InChI is InChI=1S/C21H34O4/c1-3-15-24-21(25-16-4-2)14-10-5-6-11-17-22-19-23-18-20-12-8-7-9-13-20/h7-9,11-13,17,21H,3-6,10,14-16,18-19H2,1-2H3. The van der Waals surface area contributed by atoms with Crippen molar-refractivity contribution < 1.29 is 18.9 Å². The van der Waals surface area contributed by atoms with E-state index in [-0.39, 0.29) is 13.1 Å². The predicted octanol–water partition coefficient (Wildman–Crippen LogP) is 5.43. The Kier molecular flexibility index (Phi) is 14.0. The van der Waals surface area contributed by atoms with E-state index >= 15 is 0 Å². The van der Waals surface area contributed by atoms with E-state index in [9.17, 15) is 0 Å². The van der Waals surface area contributed by atoms with E-state index in [1.165, 1.54) is 0 Å². The molecule has 4 nitrogen and oxygen atoms in total. The Labute approximate surface area is 153 Å². The highest BCUT2D eigenvalue weighted by atomic mass is 16.7. The second kappa shape index (κ2) is 16.1. The van der Waals surface area contributed by atoms with Crippen molar-refractivity contribution >= 4 is 0 Å². The average molecular weight is 350 g/mol. The van der Waals surface area contributed by atoms with Gasteiger partial charge in [0.2, 0.25) is 0 Å². The van der Waals surface area contributed by atoms with Crippen LogP contribution in [-0.4, -0.2) is 26.3 Å². The third-order valence-corrected chi connectivity index (χ3v) is 3.53. The molecule has 0 unspecified atom stereocenters. The van der Waals surface area contributed by atoms with Gasteiger partial charge in [0, 0.05) is 13.2 Å². The Hall–Kier alpha value is -1.36. The van der Waals surface area contributed by atoms with Crippen LogP contribution in [-0.2, 0) is 25.6 Å². The third kappa shape index (κ3) is 12.6. The van der Waals surface area contributed by atoms with Gasteiger partial charge >= 0.3 is 0 Å². The Morgan fingerprint density at radius 2 is 1.68 bits per heavy atom. The summed E-state index contributed by atoms with van der Waals surface area (Å²) in [7, 11) is 0. The van der Waals surface area contributed by atoms with Gasteiger partial charge in [0.1, 0.15) is 0 Å². The van der Waals surface area contributed by atoms with Crippen LogP contribution < -0.4 is 0 Å². The lowest BCUT2D eigenvalue weighted by atomic mass is 10.2. The lowest BCUT2D eigenvalue weighted by Crippen LogP contribution is -2.18. The van der Waals surface area contributed by atoms with Crippen molar-refractivity contribution in [1.82, 2.24) is 0 Å². The van der Waals surface area contributed by atoms with Crippen molar-refractivity contribution in [2.75, 3.05) is 20.0 Å². The molecule has 1 aromatic rings. The minimum Gasteiger partial charge on any atom is -0.475 e. The number of ether oxygens (including phenoxy) is 4. The summed E-state index contributed by atoms with van der Waals surface area (Å²) in [4.78, 5) is 0. The molecule has 0 saturated heterocycles. The van der Waals surface area contributed by atoms with Crippen LogP contribution in [0.1, 0.15) is 57.9 Å². The smallest absolute Gasteiger partial charge is 0.188 e. The summed E-state index contributed by atoms with van der Waals surface area (Å²) in [5.74, 6) is 0. The normalized spacial score (nSPS) is 11.5. The van der Waals surface area contributed by atoms with Crippen molar-refractivity contribution in [3.8, 4) is 0 Å². The van der Waals surface area contributed by atoms with Gasteiger partial charge in [0.15, 0.2) is 13.1 Å². The molecule has 1 aromatic carbocycles. The predicted molar refractivity (Wildman–Crippen MR) is 101 cm³/mol. The number of hydrogen-bond acceptors (Lipinski definition) is 4. The molecule has 0 aliphatic heterocycles. The highest BCUT2D eigenvalue weighted by Gasteiger charge is 2.07. The molecule has 0 aliphatic rings. The minimum absolute atomic E-state index is 0.0495. The molecule has 142 valence electrons. The van der Waals surface area contributed by atoms with Gasteiger partial charge in [-0.05, 0) is 50.2 Å². The topological polar surface area (TPSA) is 36.9 Å². The SMILES string of the molecule is CCCOC(CCCCC=COCOCc1ccccc1)OCCC. The number of benzene rings is 1. The molecule has 0 heterocycles. The van der Waals surface area contributed by atoms with E-state index in [0.29, 0.717) is 6.61 Å². The maximum atomic E-state index is 5.72. The van der Waals surface area contributed by atoms with E-state index < -0.39 is 0 Å². The van der Waals surface area contributed by atoms with Gasteiger partial charge in [-0.1, -0.05) is 44.2 Å². The molecule has 0 aromatic heterocycles. The zero-order valence-electron chi connectivity index (χ0n) is 15.8. The molecule has 0 aliphatic carbocycles. The molecule has 0 N–H and O–H groups in total. The summed E-state index contributed by atoms with van der Waals surface area (Å²) in [6, 6.07) is 10.1. The Morgan fingerprint density at radius 1 is 0.960 bits per heavy atom. The molecule has 0 bridgehead atoms. The monoisotopic (exact) mass is 350 g/mol. The molecule has 4 heteroatoms. The summed E-state index contributed by atoms with van der Waals surface area (Å²) in [5, 5.41) is 0. The first-order valence-electron chi connectivity index (χ1n) is 9.48. The number of unbranched alkanes of at least 4 members (excludes halogenated alkanes) is 2. The van der Waals surface area contributed by atoms with Crippen molar-refractivity contribution in [2.45, 2.75) is 65.3 Å². The summed E-state index contributed by atoms with van der Waals surface area (Å²) < 4.78 is 22.2. The number of hydrogen-bond donors (Lipinski definition) is 0. The zero-order valence-corrected chi connectivity index (χ0v) is 15.8. The highest BCUT2D eigenvalue weighted by Crippen LogP contribution is 2.10. The summed E-state index contributed by atoms with van der Waals surface area (Å²) in [6.45, 7) is 6.63. The fourth-order valence-electron chi connectivity index (χ4n) is 2.24. The van der Waals surface area contributed by atoms with E-state index in [1.54, 1.807) is 6.26 Å². The number of allylic oxidation sites excluding steroid dienone is 1. The average Bonchev–Trinajstić information content (AvgIpc) is 2.65. The molecule has 0 amide bonds. The van der Waals surface area contributed by atoms with Gasteiger partial charge in [-0.25, -0.2) is 0 Å². The largest absolute Gasteiger partial charge is 0.475 e. The zero-order chi connectivity index (χ0) is 18.0. The van der Waals surface area contributed by atoms with Crippen LogP contribution >= 0.6 is 0 Å². The molecule has 0 fully saturated rings. The van der Waals surface area contributed by atoms with Crippen LogP contribution in [0.5, 0.6) is 0 Å². The summed E-state index contributed by atoms with van der Waals surface area (Å²) >= 11 is 0. The van der Waals surface area contributed by atoms with Crippen molar-refractivity contribution in [3.63, 3.8) is 0 Å². The maximum Gasteiger partial charge on any atom is 0.188 e. The van der Waals surface area contributed by atoms with Crippen LogP contribution in [0, 0.1) is 0 Å². The first-order chi connectivity index (χ1) is 12.4. The van der Waals surface area contributed by atoms with Crippen LogP contribution in [0.4, 0.5) is 0 Å². The molecule has 0 spiro atoms. The van der Waals surface area contributed by atoms with E-state index in [0.717, 1.165) is 57.3 Å². The molecular formula is C21H34O4. The lowest BCUT2D eigenvalue weighted by molar-refractivity contribution is -0.146. The molecule has 25 heavy (non-hydrogen) atoms. The molecule has 1 rings (SSSR count). The van der Waals surface area contributed by atoms with Crippen molar-refractivity contribution in [1.29, 1.82) is 0 Å². The fourth-order valence-corrected chi connectivity index (χ4v) is 2.24. The Morgan fingerprint density at radius 3 is 2.36 bits per heavy atom. The molecular weight excluding hydrogens is 316 g/mol. The maximum absolute atomic E-state index is 5.72. The van der Waals surface area contributed by atoms with Gasteiger partial charge in [-0.3, -0.25) is 0 Å². The lowest BCUT2D eigenvalue weighted by Gasteiger charge is -2.17. The first-order valence-corrected chi connectivity index (χ1v) is 9.48. The highest BCUT2D eigenvalue weighted by molar-refractivity contribution is 5.13. The van der Waals surface area contributed by atoms with Gasteiger partial charge in [-0.15, -0.1) is 0 Å². The third-order valence-electron chi connectivity index (χ3n) is 3.53. The van der Waals surface area contributed by atoms with Crippen molar-refractivity contribution in [2.24, 2.45) is 0 Å². The van der Waals surface area contributed by atoms with Gasteiger partial charge in [0.25, 0.3) is 0 Å². The number of rotatable bonds is 16. The minimum atomic E-state index is -0.0495. The van der Waals surface area contributed by atoms with Crippen LogP contribution in [0.2, 0.25) is 0 Å². The Balaban J connectivity index is 1.97. The van der Waals surface area contributed by atoms with E-state index in [2.05, 4.69) is 13.8 Å². The van der Waals surface area contributed by atoms with Gasteiger partial charge in [0.05, 0.1) is 12.9 Å². The van der Waals surface area contributed by atoms with Gasteiger partial charge < -0.3 is 18.9 Å². The molecule has 0 saturated carbocycles. The van der Waals surface area contributed by atoms with Crippen LogP contribution in [0.15, 0.2) is 42.7 Å². The second-order valence-corrected chi connectivity index (χ2v) is 5.95. The van der Waals surface area contributed by atoms with E-state index in [1.807, 2.05) is 36.4 Å². The van der Waals surface area contributed by atoms with E-state index in [4.69, 9.17) is 18.9 Å². The summed E-state index contributed by atoms with van der Waals surface area (Å²) in [5.41, 5.74) is 1.15. The quantitative estimate of drug-likeness (QED) is 0.226. The van der Waals surface area contributed by atoms with Crippen molar-refractivity contribution in [3.05, 3.63) is 48.2 Å².